The third-order valence-corrected chi connectivity index (χ3v) is 29.8. The molecule has 7 aromatic rings. The third kappa shape index (κ3) is 27.6. The fourth-order valence-electron chi connectivity index (χ4n) is 16.1. The van der Waals surface area contributed by atoms with Crippen molar-refractivity contribution < 1.29 is 159 Å². The molecule has 0 saturated carbocycles. The Labute approximate surface area is 827 Å². The van der Waals surface area contributed by atoms with Gasteiger partial charge in [0.05, 0.1) is 118 Å². The zero-order chi connectivity index (χ0) is 104. The minimum absolute atomic E-state index is 0.0106. The lowest BCUT2D eigenvalue weighted by atomic mass is 10.1. The number of methoxy groups -OCH3 is 5. The van der Waals surface area contributed by atoms with Gasteiger partial charge >= 0.3 is 28.4 Å². The minimum Gasteiger partial charge on any atom is -0.780 e. The summed E-state index contributed by atoms with van der Waals surface area (Å²) in [5.41, 5.74) is 25.4. The molecule has 28 atom stereocenters. The molecule has 6 aliphatic heterocycles. The first-order valence-electron chi connectivity index (χ1n) is 43.8. The van der Waals surface area contributed by atoms with Gasteiger partial charge in [0.25, 0.3) is 21.2 Å². The first kappa shape index (κ1) is 113. The molecule has 0 amide bonds. The Bertz CT molecular complexity index is 6220. The number of nitrogens with two attached hydrogens (primary N) is 5. The van der Waals surface area contributed by atoms with Crippen molar-refractivity contribution in [2.75, 3.05) is 163 Å². The van der Waals surface area contributed by atoms with Crippen molar-refractivity contribution in [2.24, 2.45) is 0 Å². The van der Waals surface area contributed by atoms with Crippen molar-refractivity contribution in [2.45, 2.75) is 196 Å². The summed E-state index contributed by atoms with van der Waals surface area (Å²) >= 11 is 16.7. The van der Waals surface area contributed by atoms with Gasteiger partial charge in [0.1, 0.15) is 146 Å². The van der Waals surface area contributed by atoms with Crippen LogP contribution in [0.5, 0.6) is 0 Å². The number of rotatable bonds is 52. The van der Waals surface area contributed by atoms with Crippen molar-refractivity contribution in [3.05, 3.63) is 134 Å². The fourth-order valence-corrected chi connectivity index (χ4v) is 22.3. The van der Waals surface area contributed by atoms with Gasteiger partial charge in [0.15, 0.2) is 49.4 Å². The molecular formula is C76H109N19O40P5S3-5. The summed E-state index contributed by atoms with van der Waals surface area (Å²) < 4.78 is 206. The topological polar surface area (TPSA) is 772 Å². The monoisotopic (exact) mass is 2180 g/mol. The van der Waals surface area contributed by atoms with Gasteiger partial charge in [-0.15, -0.1) is 0 Å². The van der Waals surface area contributed by atoms with E-state index in [-0.39, 0.29) is 123 Å². The fraction of sp³-hybridized carbons (Fsp3) is 0.671. The van der Waals surface area contributed by atoms with Crippen molar-refractivity contribution in [3.63, 3.8) is 0 Å². The second-order valence-corrected chi connectivity index (χ2v) is 43.8. The number of aryl methyl sites for hydroxylation is 5. The van der Waals surface area contributed by atoms with Crippen molar-refractivity contribution in [3.8, 4) is 0 Å². The molecule has 13 rings (SSSR count). The zero-order valence-electron chi connectivity index (χ0n) is 78.4. The number of phosphoric acid groups is 2. The highest BCUT2D eigenvalue weighted by atomic mass is 32.7. The quantitative estimate of drug-likeness (QED) is 0.0110. The number of hydrogen-bond donors (Lipinski definition) is 7. The van der Waals surface area contributed by atoms with Gasteiger partial charge < -0.3 is 187 Å². The molecule has 0 aromatic carbocycles. The van der Waals surface area contributed by atoms with E-state index in [1.807, 2.05) is 0 Å². The lowest BCUT2D eigenvalue weighted by Gasteiger charge is -2.36. The number of phosphoric ester groups is 2. The van der Waals surface area contributed by atoms with Crippen LogP contribution in [0.2, 0.25) is 0 Å². The van der Waals surface area contributed by atoms with Gasteiger partial charge in [0, 0.05) is 101 Å². The zero-order valence-corrected chi connectivity index (χ0v) is 85.3. The molecule has 13 heterocycles. The van der Waals surface area contributed by atoms with Crippen molar-refractivity contribution >= 4 is 112 Å². The molecular weight excluding hydrogens is 2070 g/mol. The molecule has 7 aromatic heterocycles. The summed E-state index contributed by atoms with van der Waals surface area (Å²) in [4.78, 5) is 172. The van der Waals surface area contributed by atoms with E-state index in [9.17, 15) is 43.7 Å². The molecule has 10 unspecified atom stereocenters. The van der Waals surface area contributed by atoms with Crippen LogP contribution in [-0.2, 0) is 171 Å². The maximum absolute atomic E-state index is 15.5. The Morgan fingerprint density at radius 1 is 0.420 bits per heavy atom. The molecule has 796 valence electrons. The normalized spacial score (nSPS) is 29.4. The maximum atomic E-state index is 15.5. The summed E-state index contributed by atoms with van der Waals surface area (Å²) in [6, 6.07) is 0. The third-order valence-electron chi connectivity index (χ3n) is 23.2. The molecule has 6 fully saturated rings. The lowest BCUT2D eigenvalue weighted by molar-refractivity contribution is -0.241. The van der Waals surface area contributed by atoms with E-state index in [1.54, 1.807) is 20.8 Å². The summed E-state index contributed by atoms with van der Waals surface area (Å²) in [6.45, 7) is -14.2. The van der Waals surface area contributed by atoms with Gasteiger partial charge in [-0.1, -0.05) is 30.5 Å². The summed E-state index contributed by atoms with van der Waals surface area (Å²) in [6.07, 6.45) is -30.2. The molecule has 0 spiro atoms. The van der Waals surface area contributed by atoms with Gasteiger partial charge in [-0.3, -0.25) is 50.9 Å². The Hall–Kier alpha value is -7.15. The number of hydrogen-bond acceptors (Lipinski definition) is 55. The smallest absolute Gasteiger partial charge is 0.351 e. The van der Waals surface area contributed by atoms with Crippen LogP contribution in [0.25, 0.3) is 11.2 Å². The van der Waals surface area contributed by atoms with Crippen LogP contribution in [0.1, 0.15) is 85.0 Å². The standard InChI is InChI=1S/C76H114N19O40P5S3/c1-12-41-42(23-48(125-41)90-24-36(2)60(77)85-72(90)98)131-138(107,141)123-32-46-52(57(117-20-15-112-9)71(130-46)95-35-84-49-64(81)82-34-83-65(49)95)133-136(103,104)120-30-44-51(56(116-19-14-111-8)68(127-44)94-28-40(6)66(97)89-76(94)102)132-137(105,106)121-31-45-53(58(118-21-16-113-10)69(128-45)92-26-38(4)62(79)87-74(92)100)134-140(109,143)124-33-47-54(59(119-22-17-114-11)70(129-47)93-27-39(5)63(80)88-75(93)101)135-139(108,142)122-29-43-50(96)55(115-18-13-110-7)67(126-43)91-25-37(3)61(78)86-73(91)99/h24-28,34-35,41-48,50-59,67-71,96H,12-23,29-33H2,1-11H3,(H,103,104)(H,105,106)(H,107,141)(H,108,142)(H,109,143)(H2,77,85,98)(H2,78,86,99)(H2,79,87,100)(H2,80,88,101)(H2,81,82,83)(H,89,97,102)/p-5/t41-,42-,43-,44-,45-,46-,47-,48-,50+,51+,52+,53+,54+,55?,56?,57?,58?,59?,67-,68-,69-,70-,71-,138?,139?,140?/m1/s1. The number of aliphatic hydroxyl groups excluding tert-OH is 1. The Morgan fingerprint density at radius 3 is 1.20 bits per heavy atom. The summed E-state index contributed by atoms with van der Waals surface area (Å²) in [5, 5.41) is 11.8. The molecule has 0 radical (unpaired) electrons. The largest absolute Gasteiger partial charge is 0.780 e. The number of nitrogen functional groups attached to an aromatic ring is 5. The van der Waals surface area contributed by atoms with E-state index in [0.717, 1.165) is 30.8 Å². The lowest BCUT2D eigenvalue weighted by Crippen LogP contribution is -2.42. The number of anilines is 5. The number of aromatic amines is 1. The molecule has 143 heavy (non-hydrogen) atoms. The number of nitrogens with one attached hydrogen (secondary N) is 1. The predicted molar refractivity (Wildman–Crippen MR) is 492 cm³/mol. The molecule has 6 aliphatic rings. The van der Waals surface area contributed by atoms with Gasteiger partial charge in [-0.25, -0.2) is 38.9 Å². The molecule has 0 bridgehead atoms. The van der Waals surface area contributed by atoms with Crippen LogP contribution in [0.4, 0.5) is 29.1 Å². The first-order chi connectivity index (χ1) is 67.8. The highest BCUT2D eigenvalue weighted by molar-refractivity contribution is 8.32. The molecule has 12 N–H and O–H groups in total. The van der Waals surface area contributed by atoms with Crippen molar-refractivity contribution in [1.29, 1.82) is 0 Å². The SMILES string of the molecule is CC[C@H]1O[C@@H](n2cc(C)c(N)nc2=O)C[C@H]1OP([O-])(=S)OC[C@H]1O[C@@H](n2cnc3c(N)ncnc32)C(OCCOC)[C@H]1OP(=O)([O-])OC[C@H]1O[C@@H](n2cc(C)c(=O)[nH]c2=O)C(OCCOC)[C@H]1OP(=O)([O-])OC[C@H]1O[C@@H](n2cc(C)c(N)nc2=O)C(OCCOC)[C@H]1OP(=O)([S-])OC[C@H]1O[C@@H](n2cc(C)c(N)nc2=O)C(OCCOC)[C@H]1OP([O-])(=S)OC[C@H]1O[C@@H](n2cc(C)c(N)nc2=O)C(OCCOC)[C@H]1O. The average Bonchev–Trinajstić information content (AvgIpc) is 1.61. The second kappa shape index (κ2) is 49.1. The molecule has 59 nitrogen and oxygen atoms in total. The van der Waals surface area contributed by atoms with E-state index in [1.165, 1.54) is 96.6 Å². The number of H-pyrrole nitrogens is 1. The van der Waals surface area contributed by atoms with Crippen LogP contribution in [-0.4, -0.2) is 311 Å². The van der Waals surface area contributed by atoms with Crippen molar-refractivity contribution in [1.82, 2.24) is 67.3 Å². The van der Waals surface area contributed by atoms with E-state index in [4.69, 9.17) is 186 Å². The molecule has 67 heteroatoms. The number of aromatic nitrogens is 14. The predicted octanol–water partition coefficient (Wildman–Crippen LogP) is -3.67. The molecule has 0 aliphatic carbocycles. The van der Waals surface area contributed by atoms with E-state index in [0.29, 0.717) is 11.1 Å². The highest BCUT2D eigenvalue weighted by Gasteiger charge is 2.57. The van der Waals surface area contributed by atoms with Crippen LogP contribution < -0.4 is 82.2 Å². The van der Waals surface area contributed by atoms with Crippen LogP contribution in [0, 0.1) is 34.6 Å². The number of imidazole rings is 1. The second-order valence-electron chi connectivity index (χ2n) is 32.9. The highest BCUT2D eigenvalue weighted by Crippen LogP contribution is 2.56. The average molecular weight is 2180 g/mol. The summed E-state index contributed by atoms with van der Waals surface area (Å²) in [7, 11) is -5.75. The Morgan fingerprint density at radius 2 is 0.769 bits per heavy atom. The van der Waals surface area contributed by atoms with Crippen LogP contribution in [0.3, 0.4) is 0 Å². The summed E-state index contributed by atoms with van der Waals surface area (Å²) in [5.74, 6) is -0.679. The van der Waals surface area contributed by atoms with E-state index in [2.05, 4.69) is 39.9 Å². The van der Waals surface area contributed by atoms with Gasteiger partial charge in [-0.2, -0.15) is 19.9 Å². The minimum atomic E-state index is -6.24. The van der Waals surface area contributed by atoms with E-state index < -0.39 is 257 Å². The Kier molecular flexibility index (Phi) is 38.8. The molecule has 6 saturated heterocycles. The van der Waals surface area contributed by atoms with Crippen LogP contribution in [0.15, 0.2) is 72.4 Å². The number of ether oxygens (including phenoxy) is 16. The number of nitrogens with zero attached hydrogens (tertiary/aromatic N) is 13. The van der Waals surface area contributed by atoms with Crippen LogP contribution >= 0.6 is 35.9 Å². The van der Waals surface area contributed by atoms with Gasteiger partial charge in [-0.05, 0) is 41.0 Å². The number of aliphatic hydroxyl groups is 1. The van der Waals surface area contributed by atoms with E-state index >= 15 is 23.5 Å². The maximum Gasteiger partial charge on any atom is 0.351 e. The number of fused-ring (bicyclic) bond motifs is 1. The van der Waals surface area contributed by atoms with Gasteiger partial charge in [0.2, 0.25) is 0 Å². The first-order valence-corrected chi connectivity index (χ1v) is 54.4. The Balaban J connectivity index is 0.796.